The summed E-state index contributed by atoms with van der Waals surface area (Å²) in [5.41, 5.74) is 0.433. The first kappa shape index (κ1) is 20.0. The second-order valence-corrected chi connectivity index (χ2v) is 7.36. The van der Waals surface area contributed by atoms with E-state index in [4.69, 9.17) is 25.8 Å². The summed E-state index contributed by atoms with van der Waals surface area (Å²) >= 11 is 7.87. The monoisotopic (exact) mass is 419 g/mol. The van der Waals surface area contributed by atoms with Crippen LogP contribution in [0.1, 0.15) is 22.2 Å². The lowest BCUT2D eigenvalue weighted by Gasteiger charge is -2.14. The van der Waals surface area contributed by atoms with Gasteiger partial charge in [-0.15, -0.1) is 11.3 Å². The fourth-order valence-electron chi connectivity index (χ4n) is 2.71. The highest BCUT2D eigenvalue weighted by Crippen LogP contribution is 2.37. The van der Waals surface area contributed by atoms with Gasteiger partial charge in [0, 0.05) is 29.1 Å². The van der Waals surface area contributed by atoms with E-state index in [0.717, 1.165) is 15.0 Å². The number of halogens is 1. The standard InChI is InChI=1S/C20H18ClNO5S/c1-11(23)22-14-9-16(26-3)15(25-2)8-13(14)20(24)27-10-18-19(21)12-6-4-5-7-17(12)28-18/h4-9H,10H2,1-3H3,(H,22,23). The fraction of sp³-hybridized carbons (Fsp3) is 0.200. The van der Waals surface area contributed by atoms with Crippen molar-refractivity contribution in [1.29, 1.82) is 0 Å². The van der Waals surface area contributed by atoms with Gasteiger partial charge in [-0.25, -0.2) is 4.79 Å². The number of methoxy groups -OCH3 is 2. The van der Waals surface area contributed by atoms with Crippen LogP contribution in [0.2, 0.25) is 5.02 Å². The maximum absolute atomic E-state index is 12.7. The van der Waals surface area contributed by atoms with Crippen molar-refractivity contribution in [3.8, 4) is 11.5 Å². The summed E-state index contributed by atoms with van der Waals surface area (Å²) in [6.45, 7) is 1.37. The Morgan fingerprint density at radius 1 is 1.11 bits per heavy atom. The third kappa shape index (κ3) is 4.05. The molecular formula is C20H18ClNO5S. The van der Waals surface area contributed by atoms with Gasteiger partial charge in [-0.3, -0.25) is 4.79 Å². The molecule has 1 amide bonds. The van der Waals surface area contributed by atoms with Crippen molar-refractivity contribution >= 4 is 50.6 Å². The maximum atomic E-state index is 12.7. The molecule has 0 aliphatic rings. The second-order valence-electron chi connectivity index (χ2n) is 5.85. The number of fused-ring (bicyclic) bond motifs is 1. The number of hydrogen-bond acceptors (Lipinski definition) is 6. The largest absolute Gasteiger partial charge is 0.493 e. The summed E-state index contributed by atoms with van der Waals surface area (Å²) < 4.78 is 16.9. The van der Waals surface area contributed by atoms with Gasteiger partial charge in [-0.1, -0.05) is 29.8 Å². The molecule has 0 saturated heterocycles. The highest BCUT2D eigenvalue weighted by molar-refractivity contribution is 7.19. The average molecular weight is 420 g/mol. The summed E-state index contributed by atoms with van der Waals surface area (Å²) in [7, 11) is 2.93. The molecule has 6 nitrogen and oxygen atoms in total. The van der Waals surface area contributed by atoms with Crippen LogP contribution in [-0.2, 0) is 16.1 Å². The van der Waals surface area contributed by atoms with E-state index in [-0.39, 0.29) is 23.8 Å². The molecule has 3 aromatic rings. The van der Waals surface area contributed by atoms with Gasteiger partial charge >= 0.3 is 5.97 Å². The Labute approximate surface area is 171 Å². The van der Waals surface area contributed by atoms with E-state index >= 15 is 0 Å². The molecule has 8 heteroatoms. The van der Waals surface area contributed by atoms with E-state index in [9.17, 15) is 9.59 Å². The number of thiophene rings is 1. The maximum Gasteiger partial charge on any atom is 0.340 e. The van der Waals surface area contributed by atoms with Crippen LogP contribution in [-0.4, -0.2) is 26.1 Å². The van der Waals surface area contributed by atoms with Gasteiger partial charge in [0.25, 0.3) is 0 Å². The predicted octanol–water partition coefficient (Wildman–Crippen LogP) is 4.89. The first-order valence-corrected chi connectivity index (χ1v) is 9.50. The van der Waals surface area contributed by atoms with Gasteiger partial charge in [0.15, 0.2) is 11.5 Å². The molecule has 1 heterocycles. The van der Waals surface area contributed by atoms with Crippen LogP contribution in [0.15, 0.2) is 36.4 Å². The Bertz CT molecular complexity index is 1050. The quantitative estimate of drug-likeness (QED) is 0.576. The number of carbonyl (C=O) groups excluding carboxylic acids is 2. The minimum Gasteiger partial charge on any atom is -0.493 e. The van der Waals surface area contributed by atoms with Gasteiger partial charge in [-0.05, 0) is 6.07 Å². The molecule has 1 aromatic heterocycles. The average Bonchev–Trinajstić information content (AvgIpc) is 3.01. The van der Waals surface area contributed by atoms with Gasteiger partial charge in [0.2, 0.25) is 5.91 Å². The van der Waals surface area contributed by atoms with Crippen molar-refractivity contribution in [3.05, 3.63) is 51.9 Å². The van der Waals surface area contributed by atoms with Crippen LogP contribution in [0.3, 0.4) is 0 Å². The fourth-order valence-corrected chi connectivity index (χ4v) is 4.11. The first-order chi connectivity index (χ1) is 13.4. The normalized spacial score (nSPS) is 10.6. The van der Waals surface area contributed by atoms with Crippen molar-refractivity contribution in [2.75, 3.05) is 19.5 Å². The molecule has 146 valence electrons. The summed E-state index contributed by atoms with van der Waals surface area (Å²) in [6.07, 6.45) is 0. The molecule has 0 atom stereocenters. The number of ether oxygens (including phenoxy) is 3. The van der Waals surface area contributed by atoms with E-state index in [2.05, 4.69) is 5.32 Å². The van der Waals surface area contributed by atoms with E-state index in [1.807, 2.05) is 24.3 Å². The second kappa shape index (κ2) is 8.50. The molecule has 28 heavy (non-hydrogen) atoms. The minimum atomic E-state index is -0.613. The molecule has 0 radical (unpaired) electrons. The van der Waals surface area contributed by atoms with E-state index in [1.54, 1.807) is 0 Å². The number of esters is 1. The zero-order chi connectivity index (χ0) is 20.3. The number of hydrogen-bond donors (Lipinski definition) is 1. The third-order valence-electron chi connectivity index (χ3n) is 3.99. The smallest absolute Gasteiger partial charge is 0.340 e. The molecule has 0 aliphatic heterocycles. The van der Waals surface area contributed by atoms with E-state index in [0.29, 0.717) is 16.5 Å². The molecule has 0 fully saturated rings. The highest BCUT2D eigenvalue weighted by atomic mass is 35.5. The number of nitrogens with one attached hydrogen (secondary N) is 1. The van der Waals surface area contributed by atoms with Crippen LogP contribution in [0.5, 0.6) is 11.5 Å². The van der Waals surface area contributed by atoms with Gasteiger partial charge in [0.05, 0.1) is 35.4 Å². The number of benzene rings is 2. The molecule has 0 bridgehead atoms. The van der Waals surface area contributed by atoms with Crippen LogP contribution in [0, 0.1) is 0 Å². The summed E-state index contributed by atoms with van der Waals surface area (Å²) in [5, 5.41) is 4.11. The highest BCUT2D eigenvalue weighted by Gasteiger charge is 2.20. The molecule has 0 aliphatic carbocycles. The van der Waals surface area contributed by atoms with Gasteiger partial charge in [-0.2, -0.15) is 0 Å². The minimum absolute atomic E-state index is 0.0187. The lowest BCUT2D eigenvalue weighted by Crippen LogP contribution is -2.13. The number of amides is 1. The Balaban J connectivity index is 1.88. The lowest BCUT2D eigenvalue weighted by molar-refractivity contribution is -0.114. The zero-order valence-electron chi connectivity index (χ0n) is 15.5. The van der Waals surface area contributed by atoms with Gasteiger partial charge < -0.3 is 19.5 Å². The number of rotatable bonds is 6. The number of anilines is 1. The molecule has 0 saturated carbocycles. The first-order valence-electron chi connectivity index (χ1n) is 8.31. The van der Waals surface area contributed by atoms with Crippen molar-refractivity contribution in [3.63, 3.8) is 0 Å². The topological polar surface area (TPSA) is 73.9 Å². The molecular weight excluding hydrogens is 402 g/mol. The van der Waals surface area contributed by atoms with Crippen molar-refractivity contribution < 1.29 is 23.8 Å². The lowest BCUT2D eigenvalue weighted by atomic mass is 10.1. The zero-order valence-corrected chi connectivity index (χ0v) is 17.1. The molecule has 0 unspecified atom stereocenters. The number of carbonyl (C=O) groups is 2. The van der Waals surface area contributed by atoms with Crippen LogP contribution >= 0.6 is 22.9 Å². The van der Waals surface area contributed by atoms with Gasteiger partial charge in [0.1, 0.15) is 6.61 Å². The summed E-state index contributed by atoms with van der Waals surface area (Å²) in [6, 6.07) is 10.7. The summed E-state index contributed by atoms with van der Waals surface area (Å²) in [5.74, 6) is -0.203. The third-order valence-corrected chi connectivity index (χ3v) is 5.68. The Kier molecular flexibility index (Phi) is 6.06. The van der Waals surface area contributed by atoms with Crippen molar-refractivity contribution in [1.82, 2.24) is 0 Å². The molecule has 3 rings (SSSR count). The van der Waals surface area contributed by atoms with Crippen molar-refractivity contribution in [2.24, 2.45) is 0 Å². The van der Waals surface area contributed by atoms with Crippen molar-refractivity contribution in [2.45, 2.75) is 13.5 Å². The van der Waals surface area contributed by atoms with Crippen LogP contribution < -0.4 is 14.8 Å². The molecule has 0 spiro atoms. The van der Waals surface area contributed by atoms with Crippen LogP contribution in [0.25, 0.3) is 10.1 Å². The molecule has 2 aromatic carbocycles. The predicted molar refractivity (Wildman–Crippen MR) is 110 cm³/mol. The summed E-state index contributed by atoms with van der Waals surface area (Å²) in [4.78, 5) is 25.0. The molecule has 1 N–H and O–H groups in total. The Morgan fingerprint density at radius 3 is 2.43 bits per heavy atom. The SMILES string of the molecule is COc1cc(NC(C)=O)c(C(=O)OCc2sc3ccccc3c2Cl)cc1OC. The Hall–Kier alpha value is -2.77. The Morgan fingerprint density at radius 2 is 1.79 bits per heavy atom. The van der Waals surface area contributed by atoms with E-state index in [1.165, 1.54) is 44.6 Å². The van der Waals surface area contributed by atoms with Crippen LogP contribution in [0.4, 0.5) is 5.69 Å². The van der Waals surface area contributed by atoms with E-state index < -0.39 is 5.97 Å².